The molecule has 1 N–H and O–H groups in total. The summed E-state index contributed by atoms with van der Waals surface area (Å²) in [5.41, 5.74) is 2.57. The van der Waals surface area contributed by atoms with E-state index in [1.807, 2.05) is 42.3 Å². The van der Waals surface area contributed by atoms with Crippen molar-refractivity contribution in [3.05, 3.63) is 54.2 Å². The highest BCUT2D eigenvalue weighted by Gasteiger charge is 2.31. The Balaban J connectivity index is 1.35. The number of carboxylic acids is 1. The molecule has 0 radical (unpaired) electrons. The summed E-state index contributed by atoms with van der Waals surface area (Å²) in [5, 5.41) is 10.3. The zero-order chi connectivity index (χ0) is 24.8. The van der Waals surface area contributed by atoms with Crippen LogP contribution in [0.4, 0.5) is 4.39 Å². The molecule has 1 aromatic carbocycles. The molecule has 0 amide bonds. The number of likely N-dealkylation sites (tertiary alicyclic amines) is 1. The lowest BCUT2D eigenvalue weighted by Crippen LogP contribution is -2.42. The SMILES string of the molecule is COc1ccc2nccc(C(F)CC[C@@H]3CCN(CCCc4cncn4C)C[C@@H]3CC(=O)O)c2c1. The van der Waals surface area contributed by atoms with Crippen molar-refractivity contribution in [2.24, 2.45) is 18.9 Å². The van der Waals surface area contributed by atoms with Crippen molar-refractivity contribution in [2.75, 3.05) is 26.7 Å². The van der Waals surface area contributed by atoms with Gasteiger partial charge in [-0.2, -0.15) is 0 Å². The second-order valence-corrected chi connectivity index (χ2v) is 9.63. The number of halogens is 1. The monoisotopic (exact) mass is 482 g/mol. The minimum atomic E-state index is -1.13. The zero-order valence-electron chi connectivity index (χ0n) is 20.6. The fourth-order valence-electron chi connectivity index (χ4n) is 5.37. The number of carbonyl (C=O) groups is 1. The minimum Gasteiger partial charge on any atom is -0.497 e. The molecule has 0 aliphatic carbocycles. The zero-order valence-corrected chi connectivity index (χ0v) is 20.6. The van der Waals surface area contributed by atoms with Crippen LogP contribution in [-0.2, 0) is 18.3 Å². The van der Waals surface area contributed by atoms with Gasteiger partial charge in [-0.25, -0.2) is 9.37 Å². The normalized spacial score (nSPS) is 19.6. The first-order valence-electron chi connectivity index (χ1n) is 12.4. The highest BCUT2D eigenvalue weighted by Crippen LogP contribution is 2.36. The number of aryl methyl sites for hydroxylation is 2. The largest absolute Gasteiger partial charge is 0.497 e. The Bertz CT molecular complexity index is 1130. The molecule has 1 aliphatic heterocycles. The number of nitrogens with zero attached hydrogens (tertiary/aromatic N) is 4. The quantitative estimate of drug-likeness (QED) is 0.422. The molecule has 1 saturated heterocycles. The first-order valence-corrected chi connectivity index (χ1v) is 12.4. The molecular weight excluding hydrogens is 447 g/mol. The number of rotatable bonds is 11. The van der Waals surface area contributed by atoms with Gasteiger partial charge < -0.3 is 19.3 Å². The fourth-order valence-corrected chi connectivity index (χ4v) is 5.37. The van der Waals surface area contributed by atoms with Gasteiger partial charge >= 0.3 is 5.97 Å². The van der Waals surface area contributed by atoms with Gasteiger partial charge in [0.15, 0.2) is 0 Å². The van der Waals surface area contributed by atoms with Gasteiger partial charge in [0, 0.05) is 43.5 Å². The van der Waals surface area contributed by atoms with Crippen LogP contribution in [0.25, 0.3) is 10.9 Å². The molecule has 0 bridgehead atoms. The van der Waals surface area contributed by atoms with Gasteiger partial charge in [-0.1, -0.05) is 0 Å². The molecule has 4 rings (SSSR count). The van der Waals surface area contributed by atoms with Gasteiger partial charge in [0.25, 0.3) is 0 Å². The standard InChI is InChI=1S/C27H35FN4O3/c1-31-18-29-16-21(31)4-3-12-32-13-10-19(20(17-32)14-27(33)34)5-7-25(28)23-9-11-30-26-8-6-22(35-2)15-24(23)26/h6,8-9,11,15-16,18-20,25H,3-5,7,10,12-14,17H2,1-2H3,(H,33,34)/t19-,20+,25?/m1/s1. The molecule has 3 atom stereocenters. The van der Waals surface area contributed by atoms with Crippen molar-refractivity contribution >= 4 is 16.9 Å². The van der Waals surface area contributed by atoms with Gasteiger partial charge in [0.1, 0.15) is 11.9 Å². The van der Waals surface area contributed by atoms with Crippen LogP contribution in [0.5, 0.6) is 5.75 Å². The van der Waals surface area contributed by atoms with E-state index in [1.54, 1.807) is 19.4 Å². The average molecular weight is 483 g/mol. The van der Waals surface area contributed by atoms with Crippen LogP contribution in [0.3, 0.4) is 0 Å². The molecule has 3 aromatic rings. The number of ether oxygens (including phenoxy) is 1. The summed E-state index contributed by atoms with van der Waals surface area (Å²) >= 11 is 0. The highest BCUT2D eigenvalue weighted by molar-refractivity contribution is 5.83. The lowest BCUT2D eigenvalue weighted by molar-refractivity contribution is -0.139. The van der Waals surface area contributed by atoms with Crippen molar-refractivity contribution in [1.82, 2.24) is 19.4 Å². The maximum Gasteiger partial charge on any atom is 0.303 e. The van der Waals surface area contributed by atoms with E-state index >= 15 is 4.39 Å². The average Bonchev–Trinajstić information content (AvgIpc) is 3.26. The molecule has 8 heteroatoms. The van der Waals surface area contributed by atoms with Crippen molar-refractivity contribution in [3.63, 3.8) is 0 Å². The molecule has 1 aliphatic rings. The molecule has 1 fully saturated rings. The van der Waals surface area contributed by atoms with Crippen LogP contribution in [-0.4, -0.2) is 57.3 Å². The summed E-state index contributed by atoms with van der Waals surface area (Å²) in [4.78, 5) is 22.5. The Morgan fingerprint density at radius 1 is 1.31 bits per heavy atom. The molecule has 7 nitrogen and oxygen atoms in total. The number of methoxy groups -OCH3 is 1. The second-order valence-electron chi connectivity index (χ2n) is 9.63. The van der Waals surface area contributed by atoms with Crippen LogP contribution in [0.2, 0.25) is 0 Å². The number of benzene rings is 1. The number of fused-ring (bicyclic) bond motifs is 1. The first-order chi connectivity index (χ1) is 16.9. The smallest absolute Gasteiger partial charge is 0.303 e. The summed E-state index contributed by atoms with van der Waals surface area (Å²) in [6.07, 6.45) is 8.28. The van der Waals surface area contributed by atoms with Gasteiger partial charge in [-0.3, -0.25) is 9.78 Å². The molecular formula is C27H35FN4O3. The highest BCUT2D eigenvalue weighted by atomic mass is 19.1. The number of aromatic nitrogens is 3. The molecule has 35 heavy (non-hydrogen) atoms. The first kappa shape index (κ1) is 25.1. The van der Waals surface area contributed by atoms with E-state index in [9.17, 15) is 9.90 Å². The van der Waals surface area contributed by atoms with E-state index in [2.05, 4.69) is 14.9 Å². The Labute approximate surface area is 205 Å². The molecule has 188 valence electrons. The Morgan fingerprint density at radius 2 is 2.17 bits per heavy atom. The van der Waals surface area contributed by atoms with Gasteiger partial charge in [0.05, 0.1) is 19.0 Å². The van der Waals surface area contributed by atoms with Crippen LogP contribution in [0.1, 0.15) is 49.5 Å². The van der Waals surface area contributed by atoms with Crippen molar-refractivity contribution in [3.8, 4) is 5.75 Å². The molecule has 0 saturated carbocycles. The lowest BCUT2D eigenvalue weighted by Gasteiger charge is -2.38. The Hall–Kier alpha value is -3.00. The number of pyridine rings is 1. The number of hydrogen-bond acceptors (Lipinski definition) is 5. The van der Waals surface area contributed by atoms with Gasteiger partial charge in [0.2, 0.25) is 0 Å². The maximum absolute atomic E-state index is 15.5. The Kier molecular flexibility index (Phi) is 8.33. The van der Waals surface area contributed by atoms with Crippen LogP contribution in [0, 0.1) is 11.8 Å². The number of alkyl halides is 1. The topological polar surface area (TPSA) is 80.5 Å². The number of hydrogen-bond donors (Lipinski definition) is 1. The second kappa shape index (κ2) is 11.6. The predicted octanol–water partition coefficient (Wildman–Crippen LogP) is 4.81. The molecule has 3 heterocycles. The van der Waals surface area contributed by atoms with Gasteiger partial charge in [-0.05, 0) is 86.9 Å². The third-order valence-corrected chi connectivity index (χ3v) is 7.35. The summed E-state index contributed by atoms with van der Waals surface area (Å²) < 4.78 is 22.8. The van der Waals surface area contributed by atoms with E-state index in [0.29, 0.717) is 24.2 Å². The Morgan fingerprint density at radius 3 is 2.91 bits per heavy atom. The van der Waals surface area contributed by atoms with Crippen molar-refractivity contribution in [2.45, 2.75) is 44.7 Å². The number of imidazole rings is 1. The van der Waals surface area contributed by atoms with Crippen molar-refractivity contribution < 1.29 is 19.0 Å². The lowest BCUT2D eigenvalue weighted by atomic mass is 9.79. The third kappa shape index (κ3) is 6.36. The van der Waals surface area contributed by atoms with E-state index in [4.69, 9.17) is 4.74 Å². The molecule has 2 aromatic heterocycles. The third-order valence-electron chi connectivity index (χ3n) is 7.35. The summed E-state index contributed by atoms with van der Waals surface area (Å²) in [6, 6.07) is 7.25. The van der Waals surface area contributed by atoms with E-state index in [-0.39, 0.29) is 18.3 Å². The summed E-state index contributed by atoms with van der Waals surface area (Å²) in [5.74, 6) is 0.150. The van der Waals surface area contributed by atoms with E-state index in [0.717, 1.165) is 49.8 Å². The van der Waals surface area contributed by atoms with Gasteiger partial charge in [-0.15, -0.1) is 0 Å². The van der Waals surface area contributed by atoms with Crippen molar-refractivity contribution in [1.29, 1.82) is 0 Å². The summed E-state index contributed by atoms with van der Waals surface area (Å²) in [6.45, 7) is 2.62. The number of aliphatic carboxylic acids is 1. The molecule has 1 unspecified atom stereocenters. The maximum atomic E-state index is 15.5. The van der Waals surface area contributed by atoms with E-state index in [1.165, 1.54) is 5.69 Å². The minimum absolute atomic E-state index is 0.0411. The predicted molar refractivity (Wildman–Crippen MR) is 133 cm³/mol. The van der Waals surface area contributed by atoms with Crippen LogP contribution < -0.4 is 4.74 Å². The number of carboxylic acid groups (broad SMARTS) is 1. The molecule has 0 spiro atoms. The van der Waals surface area contributed by atoms with E-state index < -0.39 is 12.1 Å². The van der Waals surface area contributed by atoms with Crippen LogP contribution >= 0.6 is 0 Å². The fraction of sp³-hybridized carbons (Fsp3) is 0.519. The summed E-state index contributed by atoms with van der Waals surface area (Å²) in [7, 11) is 3.60. The van der Waals surface area contributed by atoms with Crippen LogP contribution in [0.15, 0.2) is 43.0 Å². The number of piperidine rings is 1.